The summed E-state index contributed by atoms with van der Waals surface area (Å²) in [6.07, 6.45) is 0.874. The number of benzene rings is 2. The minimum atomic E-state index is -0.919. The summed E-state index contributed by atoms with van der Waals surface area (Å²) in [6.45, 7) is 8.65. The standard InChI is InChI=1S/C28H29NO6/c1-5-15-34-22-14-8-19(16-17(22)3)26(30)24-25(23-13-7-18(4)35-23)29(28(32)27(24)31)20-9-11-21(12-10-20)33-6-2/h7-14,16,25,30H,5-6,15H2,1-4H3/b26-24-. The summed E-state index contributed by atoms with van der Waals surface area (Å²) in [5, 5.41) is 11.3. The van der Waals surface area contributed by atoms with Crippen molar-refractivity contribution in [3.8, 4) is 11.5 Å². The van der Waals surface area contributed by atoms with E-state index in [0.29, 0.717) is 47.5 Å². The Labute approximate surface area is 204 Å². The average Bonchev–Trinajstić information content (AvgIpc) is 3.39. The predicted molar refractivity (Wildman–Crippen MR) is 133 cm³/mol. The summed E-state index contributed by atoms with van der Waals surface area (Å²) < 4.78 is 17.1. The number of amides is 1. The molecule has 0 radical (unpaired) electrons. The van der Waals surface area contributed by atoms with Gasteiger partial charge in [-0.15, -0.1) is 0 Å². The Balaban J connectivity index is 1.82. The van der Waals surface area contributed by atoms with Gasteiger partial charge in [-0.05, 0) is 87.4 Å². The molecule has 1 atom stereocenters. The van der Waals surface area contributed by atoms with Gasteiger partial charge >= 0.3 is 0 Å². The molecule has 1 aromatic heterocycles. The number of ketones is 1. The summed E-state index contributed by atoms with van der Waals surface area (Å²) in [5.41, 5.74) is 1.70. The smallest absolute Gasteiger partial charge is 0.300 e. The lowest BCUT2D eigenvalue weighted by Crippen LogP contribution is -2.29. The number of aliphatic hydroxyl groups is 1. The predicted octanol–water partition coefficient (Wildman–Crippen LogP) is 5.71. The number of aliphatic hydroxyl groups excluding tert-OH is 1. The number of ether oxygens (including phenoxy) is 2. The average molecular weight is 476 g/mol. The van der Waals surface area contributed by atoms with Crippen LogP contribution in [-0.4, -0.2) is 30.0 Å². The first kappa shape index (κ1) is 24.1. The third-order valence-electron chi connectivity index (χ3n) is 5.81. The van der Waals surface area contributed by atoms with Gasteiger partial charge in [-0.3, -0.25) is 14.5 Å². The van der Waals surface area contributed by atoms with Crippen molar-refractivity contribution in [2.75, 3.05) is 18.1 Å². The van der Waals surface area contributed by atoms with Gasteiger partial charge in [0.25, 0.3) is 11.7 Å². The van der Waals surface area contributed by atoms with Crippen LogP contribution in [0.5, 0.6) is 11.5 Å². The second kappa shape index (κ2) is 10.1. The van der Waals surface area contributed by atoms with Crippen LogP contribution in [0.3, 0.4) is 0 Å². The third-order valence-corrected chi connectivity index (χ3v) is 5.81. The van der Waals surface area contributed by atoms with Gasteiger partial charge in [-0.25, -0.2) is 0 Å². The molecule has 3 aromatic rings. The monoisotopic (exact) mass is 475 g/mol. The van der Waals surface area contributed by atoms with E-state index in [0.717, 1.165) is 12.0 Å². The zero-order valence-electron chi connectivity index (χ0n) is 20.3. The van der Waals surface area contributed by atoms with E-state index in [9.17, 15) is 14.7 Å². The molecule has 2 heterocycles. The molecule has 1 fully saturated rings. The van der Waals surface area contributed by atoms with Crippen molar-refractivity contribution in [1.29, 1.82) is 0 Å². The number of aryl methyl sites for hydroxylation is 2. The van der Waals surface area contributed by atoms with E-state index in [-0.39, 0.29) is 11.3 Å². The highest BCUT2D eigenvalue weighted by molar-refractivity contribution is 6.51. The SMILES string of the molecule is CCCOc1ccc(/C(O)=C2/C(=O)C(=O)N(c3ccc(OCC)cc3)C2c2ccc(C)o2)cc1C. The van der Waals surface area contributed by atoms with Crippen LogP contribution in [0, 0.1) is 13.8 Å². The highest BCUT2D eigenvalue weighted by Crippen LogP contribution is 2.43. The van der Waals surface area contributed by atoms with Crippen LogP contribution in [0.25, 0.3) is 5.76 Å². The summed E-state index contributed by atoms with van der Waals surface area (Å²) in [4.78, 5) is 27.8. The molecule has 0 bridgehead atoms. The molecule has 7 heteroatoms. The van der Waals surface area contributed by atoms with Gasteiger partial charge in [0.15, 0.2) is 0 Å². The van der Waals surface area contributed by atoms with Crippen LogP contribution >= 0.6 is 0 Å². The maximum Gasteiger partial charge on any atom is 0.300 e. The van der Waals surface area contributed by atoms with Gasteiger partial charge in [-0.2, -0.15) is 0 Å². The van der Waals surface area contributed by atoms with Crippen molar-refractivity contribution in [2.24, 2.45) is 0 Å². The maximum absolute atomic E-state index is 13.3. The van der Waals surface area contributed by atoms with E-state index in [4.69, 9.17) is 13.9 Å². The van der Waals surface area contributed by atoms with Gasteiger partial charge in [0.05, 0.1) is 18.8 Å². The summed E-state index contributed by atoms with van der Waals surface area (Å²) >= 11 is 0. The van der Waals surface area contributed by atoms with Crippen molar-refractivity contribution < 1.29 is 28.6 Å². The van der Waals surface area contributed by atoms with E-state index < -0.39 is 17.7 Å². The molecule has 1 aliphatic heterocycles. The van der Waals surface area contributed by atoms with Crippen LogP contribution in [-0.2, 0) is 9.59 Å². The Bertz CT molecular complexity index is 1270. The molecule has 1 amide bonds. The number of furan rings is 1. The summed E-state index contributed by atoms with van der Waals surface area (Å²) in [7, 11) is 0. The summed E-state index contributed by atoms with van der Waals surface area (Å²) in [6, 6.07) is 14.6. The van der Waals surface area contributed by atoms with E-state index in [2.05, 4.69) is 0 Å². The number of hydrogen-bond donors (Lipinski definition) is 1. The first-order chi connectivity index (χ1) is 16.8. The Morgan fingerprint density at radius 3 is 2.34 bits per heavy atom. The number of anilines is 1. The molecule has 0 saturated carbocycles. The van der Waals surface area contributed by atoms with Crippen LogP contribution in [0.2, 0.25) is 0 Å². The van der Waals surface area contributed by atoms with Crippen molar-refractivity contribution >= 4 is 23.1 Å². The summed E-state index contributed by atoms with van der Waals surface area (Å²) in [5.74, 6) is 0.590. The quantitative estimate of drug-likeness (QED) is 0.255. The Kier molecular flexibility index (Phi) is 6.96. The molecule has 35 heavy (non-hydrogen) atoms. The Morgan fingerprint density at radius 2 is 1.74 bits per heavy atom. The maximum atomic E-state index is 13.3. The molecule has 1 aliphatic rings. The van der Waals surface area contributed by atoms with Crippen LogP contribution in [0.4, 0.5) is 5.69 Å². The number of carbonyl (C=O) groups excluding carboxylic acids is 2. The van der Waals surface area contributed by atoms with Crippen molar-refractivity contribution in [3.63, 3.8) is 0 Å². The van der Waals surface area contributed by atoms with Crippen LogP contribution in [0.1, 0.15) is 49.0 Å². The number of Topliss-reactive ketones (excluding diaryl/α,β-unsaturated/α-hetero) is 1. The fraction of sp³-hybridized carbons (Fsp3) is 0.286. The first-order valence-electron chi connectivity index (χ1n) is 11.7. The van der Waals surface area contributed by atoms with Gasteiger partial charge < -0.3 is 19.0 Å². The number of carbonyl (C=O) groups is 2. The highest BCUT2D eigenvalue weighted by Gasteiger charge is 2.48. The molecule has 4 rings (SSSR count). The van der Waals surface area contributed by atoms with E-state index in [1.54, 1.807) is 61.5 Å². The molecule has 2 aromatic carbocycles. The van der Waals surface area contributed by atoms with Crippen LogP contribution < -0.4 is 14.4 Å². The fourth-order valence-corrected chi connectivity index (χ4v) is 4.16. The second-order valence-corrected chi connectivity index (χ2v) is 8.37. The molecule has 1 saturated heterocycles. The number of nitrogens with zero attached hydrogens (tertiary/aromatic N) is 1. The number of hydrogen-bond acceptors (Lipinski definition) is 6. The highest BCUT2D eigenvalue weighted by atomic mass is 16.5. The van der Waals surface area contributed by atoms with Gasteiger partial charge in [0.2, 0.25) is 0 Å². The van der Waals surface area contributed by atoms with E-state index in [1.165, 1.54) is 4.90 Å². The zero-order chi connectivity index (χ0) is 25.1. The zero-order valence-corrected chi connectivity index (χ0v) is 20.3. The second-order valence-electron chi connectivity index (χ2n) is 8.37. The largest absolute Gasteiger partial charge is 0.507 e. The van der Waals surface area contributed by atoms with Crippen LogP contribution in [0.15, 0.2) is 64.6 Å². The molecule has 7 nitrogen and oxygen atoms in total. The minimum Gasteiger partial charge on any atom is -0.507 e. The first-order valence-corrected chi connectivity index (χ1v) is 11.7. The molecular formula is C28H29NO6. The molecule has 0 spiro atoms. The lowest BCUT2D eigenvalue weighted by Gasteiger charge is -2.23. The molecule has 1 N–H and O–H groups in total. The lowest BCUT2D eigenvalue weighted by atomic mass is 9.98. The molecular weight excluding hydrogens is 446 g/mol. The molecule has 0 aliphatic carbocycles. The lowest BCUT2D eigenvalue weighted by molar-refractivity contribution is -0.132. The third kappa shape index (κ3) is 4.67. The normalized spacial score (nSPS) is 17.1. The molecule has 182 valence electrons. The van der Waals surface area contributed by atoms with Gasteiger partial charge in [0, 0.05) is 11.3 Å². The Hall–Kier alpha value is -4.00. The van der Waals surface area contributed by atoms with Gasteiger partial charge in [-0.1, -0.05) is 6.92 Å². The van der Waals surface area contributed by atoms with Crippen molar-refractivity contribution in [1.82, 2.24) is 0 Å². The van der Waals surface area contributed by atoms with Crippen molar-refractivity contribution in [2.45, 2.75) is 40.2 Å². The van der Waals surface area contributed by atoms with E-state index >= 15 is 0 Å². The fourth-order valence-electron chi connectivity index (χ4n) is 4.16. The Morgan fingerprint density at radius 1 is 1.00 bits per heavy atom. The van der Waals surface area contributed by atoms with Gasteiger partial charge in [0.1, 0.15) is 34.8 Å². The van der Waals surface area contributed by atoms with E-state index in [1.807, 2.05) is 20.8 Å². The molecule has 1 unspecified atom stereocenters. The minimum absolute atomic E-state index is 0.0279. The topological polar surface area (TPSA) is 89.2 Å². The van der Waals surface area contributed by atoms with Crippen molar-refractivity contribution in [3.05, 3.63) is 82.8 Å². The number of rotatable bonds is 8.